The van der Waals surface area contributed by atoms with Gasteiger partial charge < -0.3 is 10.1 Å². The highest BCUT2D eigenvalue weighted by atomic mass is 16.5. The van der Waals surface area contributed by atoms with Crippen molar-refractivity contribution in [3.8, 4) is 5.75 Å². The molecule has 0 amide bonds. The molecule has 1 N–H and O–H groups in total. The molecule has 1 aromatic rings. The van der Waals surface area contributed by atoms with E-state index in [9.17, 15) is 0 Å². The maximum absolute atomic E-state index is 6.23. The number of benzene rings is 1. The molecule has 0 aromatic heterocycles. The highest BCUT2D eigenvalue weighted by Gasteiger charge is 2.38. The van der Waals surface area contributed by atoms with E-state index in [4.69, 9.17) is 4.74 Å². The van der Waals surface area contributed by atoms with Gasteiger partial charge >= 0.3 is 0 Å². The van der Waals surface area contributed by atoms with E-state index in [1.807, 2.05) is 7.05 Å². The Balaban J connectivity index is 1.99. The summed E-state index contributed by atoms with van der Waals surface area (Å²) in [5.41, 5.74) is 1.47. The second kappa shape index (κ2) is 5.75. The van der Waals surface area contributed by atoms with E-state index in [-0.39, 0.29) is 5.60 Å². The molecule has 0 heterocycles. The van der Waals surface area contributed by atoms with Crippen LogP contribution >= 0.6 is 0 Å². The average Bonchev–Trinajstić information content (AvgIpc) is 2.33. The van der Waals surface area contributed by atoms with Crippen molar-refractivity contribution in [3.63, 3.8) is 0 Å². The molecule has 1 aliphatic rings. The minimum absolute atomic E-state index is 0.0996. The molecular weight excluding hydrogens is 222 g/mol. The number of hydrogen-bond acceptors (Lipinski definition) is 2. The lowest BCUT2D eigenvalue weighted by Crippen LogP contribution is -2.45. The monoisotopic (exact) mass is 247 g/mol. The summed E-state index contributed by atoms with van der Waals surface area (Å²) in [5.74, 6) is 1.61. The Morgan fingerprint density at radius 2 is 1.89 bits per heavy atom. The Labute approximate surface area is 111 Å². The second-order valence-corrected chi connectivity index (χ2v) is 5.72. The van der Waals surface area contributed by atoms with E-state index in [0.29, 0.717) is 5.92 Å². The summed E-state index contributed by atoms with van der Waals surface area (Å²) in [6, 6.07) is 8.61. The van der Waals surface area contributed by atoms with Gasteiger partial charge in [0.2, 0.25) is 0 Å². The number of nitrogens with one attached hydrogen (secondary N) is 1. The van der Waals surface area contributed by atoms with Gasteiger partial charge in [0.1, 0.15) is 11.4 Å². The summed E-state index contributed by atoms with van der Waals surface area (Å²) >= 11 is 0. The standard InChI is InChI=1S/C16H25NO/c1-13(2)14-5-7-15(8-6-14)18-16(9-4-10-16)11-12-17-3/h5-8,13,17H,4,9-12H2,1-3H3. The quantitative estimate of drug-likeness (QED) is 0.827. The average molecular weight is 247 g/mol. The van der Waals surface area contributed by atoms with Crippen LogP contribution < -0.4 is 10.1 Å². The van der Waals surface area contributed by atoms with Crippen molar-refractivity contribution in [3.05, 3.63) is 29.8 Å². The van der Waals surface area contributed by atoms with Crippen molar-refractivity contribution >= 4 is 0 Å². The van der Waals surface area contributed by atoms with Gasteiger partial charge in [0, 0.05) is 0 Å². The first-order valence-electron chi connectivity index (χ1n) is 7.09. The van der Waals surface area contributed by atoms with Crippen molar-refractivity contribution in [2.75, 3.05) is 13.6 Å². The molecule has 1 saturated carbocycles. The SMILES string of the molecule is CNCCC1(Oc2ccc(C(C)C)cc2)CCC1. The Kier molecular flexibility index (Phi) is 4.28. The lowest BCUT2D eigenvalue weighted by Gasteiger charge is -2.42. The zero-order valence-corrected chi connectivity index (χ0v) is 11.8. The second-order valence-electron chi connectivity index (χ2n) is 5.72. The van der Waals surface area contributed by atoms with Crippen LogP contribution in [0.25, 0.3) is 0 Å². The van der Waals surface area contributed by atoms with Crippen LogP contribution in [0.4, 0.5) is 0 Å². The molecule has 2 nitrogen and oxygen atoms in total. The van der Waals surface area contributed by atoms with Crippen LogP contribution in [-0.4, -0.2) is 19.2 Å². The molecule has 18 heavy (non-hydrogen) atoms. The summed E-state index contributed by atoms with van der Waals surface area (Å²) in [4.78, 5) is 0. The van der Waals surface area contributed by atoms with Gasteiger partial charge in [-0.2, -0.15) is 0 Å². The van der Waals surface area contributed by atoms with Crippen LogP contribution in [0.2, 0.25) is 0 Å². The molecule has 0 atom stereocenters. The third-order valence-electron chi connectivity index (χ3n) is 3.98. The summed E-state index contributed by atoms with van der Waals surface area (Å²) < 4.78 is 6.23. The summed E-state index contributed by atoms with van der Waals surface area (Å²) in [7, 11) is 2.00. The highest BCUT2D eigenvalue weighted by molar-refractivity contribution is 5.29. The molecule has 1 aliphatic carbocycles. The molecule has 2 heteroatoms. The number of ether oxygens (including phenoxy) is 1. The number of hydrogen-bond donors (Lipinski definition) is 1. The normalized spacial score (nSPS) is 17.6. The Morgan fingerprint density at radius 1 is 1.22 bits per heavy atom. The molecule has 1 aromatic carbocycles. The van der Waals surface area contributed by atoms with Crippen molar-refractivity contribution in [2.45, 2.75) is 51.0 Å². The first-order valence-corrected chi connectivity index (χ1v) is 7.09. The largest absolute Gasteiger partial charge is 0.487 e. The molecule has 100 valence electrons. The van der Waals surface area contributed by atoms with E-state index in [1.165, 1.54) is 24.8 Å². The Morgan fingerprint density at radius 3 is 2.33 bits per heavy atom. The predicted octanol–water partition coefficient (Wildman–Crippen LogP) is 3.72. The zero-order chi connectivity index (χ0) is 13.0. The first-order chi connectivity index (χ1) is 8.65. The highest BCUT2D eigenvalue weighted by Crippen LogP contribution is 2.39. The van der Waals surface area contributed by atoms with Gasteiger partial charge in [0.15, 0.2) is 0 Å². The molecule has 0 bridgehead atoms. The van der Waals surface area contributed by atoms with Crippen molar-refractivity contribution < 1.29 is 4.74 Å². The lowest BCUT2D eigenvalue weighted by molar-refractivity contribution is -0.0139. The molecule has 0 spiro atoms. The van der Waals surface area contributed by atoms with Crippen LogP contribution in [0.1, 0.15) is 51.0 Å². The summed E-state index contributed by atoms with van der Waals surface area (Å²) in [6.45, 7) is 5.47. The van der Waals surface area contributed by atoms with Gasteiger partial charge in [0.05, 0.1) is 0 Å². The molecular formula is C16H25NO. The number of rotatable bonds is 6. The van der Waals surface area contributed by atoms with E-state index in [1.54, 1.807) is 0 Å². The first kappa shape index (κ1) is 13.4. The fraction of sp³-hybridized carbons (Fsp3) is 0.625. The third kappa shape index (κ3) is 3.05. The fourth-order valence-electron chi connectivity index (χ4n) is 2.50. The van der Waals surface area contributed by atoms with Gasteiger partial charge in [-0.05, 0) is 62.9 Å². The maximum atomic E-state index is 6.23. The minimum atomic E-state index is 0.0996. The van der Waals surface area contributed by atoms with Crippen molar-refractivity contribution in [2.24, 2.45) is 0 Å². The van der Waals surface area contributed by atoms with Gasteiger partial charge in [-0.15, -0.1) is 0 Å². The molecule has 2 rings (SSSR count). The van der Waals surface area contributed by atoms with Crippen LogP contribution in [0.15, 0.2) is 24.3 Å². The van der Waals surface area contributed by atoms with Crippen molar-refractivity contribution in [1.29, 1.82) is 0 Å². The maximum Gasteiger partial charge on any atom is 0.120 e. The Bertz CT molecular complexity index is 365. The van der Waals surface area contributed by atoms with Gasteiger partial charge in [-0.3, -0.25) is 0 Å². The van der Waals surface area contributed by atoms with Crippen molar-refractivity contribution in [1.82, 2.24) is 5.32 Å². The Hall–Kier alpha value is -1.02. The lowest BCUT2D eigenvalue weighted by atomic mass is 9.77. The third-order valence-corrected chi connectivity index (χ3v) is 3.98. The van der Waals surface area contributed by atoms with Gasteiger partial charge in [-0.1, -0.05) is 26.0 Å². The predicted molar refractivity (Wildman–Crippen MR) is 76.3 cm³/mol. The van der Waals surface area contributed by atoms with E-state index >= 15 is 0 Å². The minimum Gasteiger partial charge on any atom is -0.487 e. The van der Waals surface area contributed by atoms with Crippen LogP contribution in [-0.2, 0) is 0 Å². The molecule has 0 saturated heterocycles. The van der Waals surface area contributed by atoms with Crippen LogP contribution in [0, 0.1) is 0 Å². The van der Waals surface area contributed by atoms with Gasteiger partial charge in [-0.25, -0.2) is 0 Å². The molecule has 0 aliphatic heterocycles. The zero-order valence-electron chi connectivity index (χ0n) is 11.8. The van der Waals surface area contributed by atoms with Crippen LogP contribution in [0.3, 0.4) is 0 Å². The summed E-state index contributed by atoms with van der Waals surface area (Å²) in [5, 5.41) is 3.22. The molecule has 0 unspecified atom stereocenters. The van der Waals surface area contributed by atoms with E-state index in [2.05, 4.69) is 43.4 Å². The summed E-state index contributed by atoms with van der Waals surface area (Å²) in [6.07, 6.45) is 4.80. The molecule has 1 fully saturated rings. The fourth-order valence-corrected chi connectivity index (χ4v) is 2.50. The van der Waals surface area contributed by atoms with E-state index < -0.39 is 0 Å². The van der Waals surface area contributed by atoms with Crippen LogP contribution in [0.5, 0.6) is 5.75 Å². The smallest absolute Gasteiger partial charge is 0.120 e. The molecule has 0 radical (unpaired) electrons. The van der Waals surface area contributed by atoms with Gasteiger partial charge in [0.25, 0.3) is 0 Å². The van der Waals surface area contributed by atoms with E-state index in [0.717, 1.165) is 18.7 Å². The topological polar surface area (TPSA) is 21.3 Å².